The molecule has 0 amide bonds. The van der Waals surface area contributed by atoms with Gasteiger partial charge in [-0.3, -0.25) is 0 Å². The van der Waals surface area contributed by atoms with Gasteiger partial charge in [0, 0.05) is 6.07 Å². The molecule has 2 bridgehead atoms. The average molecular weight is 484 g/mol. The number of esters is 1. The molecule has 2 aliphatic carbocycles. The summed E-state index contributed by atoms with van der Waals surface area (Å²) in [6, 6.07) is 2.41. The Balaban J connectivity index is 1.62. The lowest BCUT2D eigenvalue weighted by Crippen LogP contribution is -2.36. The molecule has 3 rings (SSSR count). The van der Waals surface area contributed by atoms with Crippen LogP contribution < -0.4 is 13.1 Å². The van der Waals surface area contributed by atoms with Crippen LogP contribution in [0.3, 0.4) is 0 Å². The summed E-state index contributed by atoms with van der Waals surface area (Å²) in [6.45, 7) is 1.59. The molecule has 2 saturated carbocycles. The zero-order valence-electron chi connectivity index (χ0n) is 16.5. The highest BCUT2D eigenvalue weighted by Crippen LogP contribution is 2.43. The van der Waals surface area contributed by atoms with Crippen molar-refractivity contribution in [2.45, 2.75) is 45.1 Å². The third-order valence-electron chi connectivity index (χ3n) is 5.27. The fraction of sp³-hybridized carbons (Fsp3) is 0.611. The molecule has 0 aliphatic heterocycles. The van der Waals surface area contributed by atoms with Crippen molar-refractivity contribution >= 4 is 27.0 Å². The van der Waals surface area contributed by atoms with E-state index in [4.69, 9.17) is 9.47 Å². The van der Waals surface area contributed by atoms with Gasteiger partial charge in [0.25, 0.3) is 0 Å². The first kappa shape index (κ1) is 23.5. The van der Waals surface area contributed by atoms with Crippen LogP contribution in [0.25, 0.3) is 0 Å². The lowest BCUT2D eigenvalue weighted by atomic mass is 9.67. The summed E-state index contributed by atoms with van der Waals surface area (Å²) in [5, 5.41) is 0. The maximum atomic E-state index is 12.9. The van der Waals surface area contributed by atoms with Gasteiger partial charge in [-0.1, -0.05) is 14.7 Å². The molecule has 31 heavy (non-hydrogen) atoms. The van der Waals surface area contributed by atoms with E-state index in [1.807, 2.05) is 0 Å². The summed E-state index contributed by atoms with van der Waals surface area (Å²) >= 11 is 0. The van der Waals surface area contributed by atoms with Crippen LogP contribution in [0, 0.1) is 17.8 Å². The van der Waals surface area contributed by atoms with Gasteiger partial charge in [-0.2, -0.15) is 16.8 Å². The lowest BCUT2D eigenvalue weighted by molar-refractivity contribution is -0.155. The molecule has 1 aromatic rings. The van der Waals surface area contributed by atoms with Crippen LogP contribution in [0.5, 0.6) is 17.2 Å². The van der Waals surface area contributed by atoms with Crippen LogP contribution in [0.4, 0.5) is 7.77 Å². The number of hydrogen-bond acceptors (Lipinski definition) is 9. The molecule has 1 aromatic carbocycles. The fourth-order valence-corrected chi connectivity index (χ4v) is 5.20. The fourth-order valence-electron chi connectivity index (χ4n) is 4.52. The van der Waals surface area contributed by atoms with Crippen molar-refractivity contribution < 1.29 is 47.2 Å². The van der Waals surface area contributed by atoms with Crippen LogP contribution >= 0.6 is 0 Å². The van der Waals surface area contributed by atoms with E-state index in [0.29, 0.717) is 23.8 Å². The number of benzene rings is 1. The molecule has 2 unspecified atom stereocenters. The number of carbonyl (C=O) groups excluding carboxylic acids is 1. The molecule has 0 aromatic heterocycles. The van der Waals surface area contributed by atoms with Crippen LogP contribution in [0.15, 0.2) is 18.2 Å². The van der Waals surface area contributed by atoms with Crippen molar-refractivity contribution in [1.82, 2.24) is 0 Å². The van der Waals surface area contributed by atoms with Crippen molar-refractivity contribution in [3.8, 4) is 17.2 Å². The number of ether oxygens (including phenoxy) is 2. The summed E-state index contributed by atoms with van der Waals surface area (Å²) < 4.78 is 86.9. The van der Waals surface area contributed by atoms with E-state index in [9.17, 15) is 29.4 Å². The van der Waals surface area contributed by atoms with Gasteiger partial charge in [-0.25, -0.2) is 4.79 Å². The maximum Gasteiger partial charge on any atom is 0.488 e. The van der Waals surface area contributed by atoms with Gasteiger partial charge in [-0.15, -0.1) is 0 Å². The first-order chi connectivity index (χ1) is 14.4. The molecule has 13 heteroatoms. The predicted molar refractivity (Wildman–Crippen MR) is 102 cm³/mol. The minimum Gasteiger partial charge on any atom is -0.478 e. The largest absolute Gasteiger partial charge is 0.488 e. The zero-order valence-corrected chi connectivity index (χ0v) is 18.2. The van der Waals surface area contributed by atoms with Crippen LogP contribution in [-0.2, 0) is 30.5 Å². The van der Waals surface area contributed by atoms with Crippen LogP contribution in [0.2, 0.25) is 0 Å². The Morgan fingerprint density at radius 2 is 1.55 bits per heavy atom. The Morgan fingerprint density at radius 1 is 0.935 bits per heavy atom. The molecule has 2 atom stereocenters. The number of hydrogen-bond donors (Lipinski definition) is 0. The summed E-state index contributed by atoms with van der Waals surface area (Å²) in [5.74, 6) is -0.981. The molecular weight excluding hydrogens is 462 g/mol. The Labute approximate surface area is 179 Å². The van der Waals surface area contributed by atoms with E-state index in [2.05, 4.69) is 15.3 Å². The van der Waals surface area contributed by atoms with Gasteiger partial charge in [0.1, 0.15) is 11.9 Å². The Kier molecular flexibility index (Phi) is 6.94. The first-order valence-corrected chi connectivity index (χ1v) is 12.2. The van der Waals surface area contributed by atoms with Crippen molar-refractivity contribution in [2.24, 2.45) is 17.8 Å². The quantitative estimate of drug-likeness (QED) is 0.405. The van der Waals surface area contributed by atoms with Crippen LogP contribution in [-0.4, -0.2) is 35.5 Å². The van der Waals surface area contributed by atoms with Crippen LogP contribution in [0.1, 0.15) is 39.0 Å². The van der Waals surface area contributed by atoms with E-state index >= 15 is 0 Å². The highest BCUT2D eigenvalue weighted by atomic mass is 32.3. The number of halogens is 2. The molecule has 0 saturated heterocycles. The minimum absolute atomic E-state index is 0.236. The van der Waals surface area contributed by atoms with E-state index in [0.717, 1.165) is 44.2 Å². The van der Waals surface area contributed by atoms with Gasteiger partial charge >= 0.3 is 27.0 Å². The second kappa shape index (κ2) is 9.15. The Hall–Kier alpha value is -2.15. The molecule has 0 heterocycles. The lowest BCUT2D eigenvalue weighted by Gasteiger charge is -2.41. The molecular formula is C18H22F2O9S2. The molecule has 0 N–H and O–H groups in total. The van der Waals surface area contributed by atoms with Gasteiger partial charge in [0.2, 0.25) is 0 Å². The third-order valence-corrected chi connectivity index (χ3v) is 6.04. The zero-order chi connectivity index (χ0) is 22.8. The summed E-state index contributed by atoms with van der Waals surface area (Å²) in [7, 11) is -10.9. The number of fused-ring (bicyclic) bond motifs is 2. The summed E-state index contributed by atoms with van der Waals surface area (Å²) in [6.07, 6.45) is 4.64. The summed E-state index contributed by atoms with van der Waals surface area (Å²) in [4.78, 5) is 12.2. The van der Waals surface area contributed by atoms with Gasteiger partial charge in [0.15, 0.2) is 18.1 Å². The average Bonchev–Trinajstić information content (AvgIpc) is 2.57. The predicted octanol–water partition coefficient (Wildman–Crippen LogP) is 3.01. The van der Waals surface area contributed by atoms with Crippen molar-refractivity contribution in [3.05, 3.63) is 18.2 Å². The molecule has 9 nitrogen and oxygen atoms in total. The standard InChI is InChI=1S/C18H22F2O9S2/c1-11-4-12-6-13(5-11)8-15(7-12)27-18(21)10-26-16-3-2-14(28-30(19,22)23)9-17(16)29-31(20,24)25/h2-3,9,11-13,15H,4-8,10H2,1H3. The molecule has 2 aliphatic rings. The first-order valence-electron chi connectivity index (χ1n) is 9.61. The molecule has 0 spiro atoms. The van der Waals surface area contributed by atoms with E-state index < -0.39 is 50.8 Å². The summed E-state index contributed by atoms with van der Waals surface area (Å²) in [5.41, 5.74) is 0. The van der Waals surface area contributed by atoms with E-state index in [1.54, 1.807) is 0 Å². The minimum atomic E-state index is -5.53. The van der Waals surface area contributed by atoms with Crippen molar-refractivity contribution in [3.63, 3.8) is 0 Å². The van der Waals surface area contributed by atoms with E-state index in [-0.39, 0.29) is 6.10 Å². The smallest absolute Gasteiger partial charge is 0.478 e. The topological polar surface area (TPSA) is 122 Å². The van der Waals surface area contributed by atoms with Crippen molar-refractivity contribution in [1.29, 1.82) is 0 Å². The van der Waals surface area contributed by atoms with Gasteiger partial charge < -0.3 is 17.8 Å². The number of rotatable bonds is 8. The van der Waals surface area contributed by atoms with E-state index in [1.165, 1.54) is 0 Å². The Bertz CT molecular complexity index is 1010. The van der Waals surface area contributed by atoms with Gasteiger partial charge in [-0.05, 0) is 62.0 Å². The molecule has 0 radical (unpaired) electrons. The van der Waals surface area contributed by atoms with Crippen molar-refractivity contribution in [2.75, 3.05) is 6.61 Å². The number of carbonyl (C=O) groups is 1. The highest BCUT2D eigenvalue weighted by molar-refractivity contribution is 7.82. The molecule has 174 valence electrons. The molecule has 2 fully saturated rings. The maximum absolute atomic E-state index is 12.9. The SMILES string of the molecule is CC1CC2CC(C1)CC(OC(=O)COc1ccc(OS(=O)(=O)F)cc1OS(=O)(=O)F)C2. The highest BCUT2D eigenvalue weighted by Gasteiger charge is 2.36. The third kappa shape index (κ3) is 7.49. The Morgan fingerprint density at radius 3 is 2.13 bits per heavy atom. The second-order valence-corrected chi connectivity index (χ2v) is 9.88. The normalized spacial score (nSPS) is 26.0. The van der Waals surface area contributed by atoms with Gasteiger partial charge in [0.05, 0.1) is 0 Å². The second-order valence-electron chi connectivity index (χ2n) is 7.98. The monoisotopic (exact) mass is 484 g/mol.